The first-order chi connectivity index (χ1) is 13.0. The van der Waals surface area contributed by atoms with E-state index in [1.807, 2.05) is 38.1 Å². The quantitative estimate of drug-likeness (QED) is 0.751. The van der Waals surface area contributed by atoms with Crippen LogP contribution in [0.25, 0.3) is 5.69 Å². The Morgan fingerprint density at radius 2 is 2.00 bits per heavy atom. The number of carbonyl (C=O) groups is 1. The highest BCUT2D eigenvalue weighted by molar-refractivity contribution is 6.02. The fourth-order valence-corrected chi connectivity index (χ4v) is 2.98. The van der Waals surface area contributed by atoms with Crippen molar-refractivity contribution in [1.82, 2.24) is 19.7 Å². The Hall–Kier alpha value is -3.22. The molecule has 2 aromatic heterocycles. The molecule has 1 aromatic carbocycles. The van der Waals surface area contributed by atoms with E-state index in [1.165, 1.54) is 0 Å². The zero-order chi connectivity index (χ0) is 19.0. The monoisotopic (exact) mass is 363 g/mol. The fourth-order valence-electron chi connectivity index (χ4n) is 2.98. The summed E-state index contributed by atoms with van der Waals surface area (Å²) in [6.45, 7) is 3.83. The van der Waals surface area contributed by atoms with Gasteiger partial charge in [0.15, 0.2) is 5.69 Å². The standard InChI is InChI=1S/C20H21N5O2/c1-12-4-7-18(27-3)17(10-12)25-9-8-15(24-25)20(26)23-19-11-16(14-5-6-14)21-13(2)22-19/h4,7-11,14H,5-6H2,1-3H3,(H,21,22,23,26). The summed E-state index contributed by atoms with van der Waals surface area (Å²) in [4.78, 5) is 21.4. The van der Waals surface area contributed by atoms with Crippen LogP contribution in [0.2, 0.25) is 0 Å². The number of hydrogen-bond acceptors (Lipinski definition) is 5. The molecule has 1 aliphatic carbocycles. The Balaban J connectivity index is 1.57. The molecule has 3 aromatic rings. The Labute approximate surface area is 157 Å². The number of methoxy groups -OCH3 is 1. The molecule has 1 saturated carbocycles. The molecular formula is C20H21N5O2. The molecule has 0 unspecified atom stereocenters. The van der Waals surface area contributed by atoms with Crippen LogP contribution in [0, 0.1) is 13.8 Å². The summed E-state index contributed by atoms with van der Waals surface area (Å²) in [5, 5.41) is 7.23. The molecular weight excluding hydrogens is 342 g/mol. The number of rotatable bonds is 5. The second-order valence-corrected chi connectivity index (χ2v) is 6.77. The van der Waals surface area contributed by atoms with Crippen LogP contribution in [0.15, 0.2) is 36.5 Å². The highest BCUT2D eigenvalue weighted by Crippen LogP contribution is 2.39. The first kappa shape index (κ1) is 17.2. The molecule has 2 heterocycles. The maximum Gasteiger partial charge on any atom is 0.277 e. The van der Waals surface area contributed by atoms with Crippen LogP contribution < -0.4 is 10.1 Å². The number of anilines is 1. The molecule has 0 bridgehead atoms. The Kier molecular flexibility index (Phi) is 4.35. The number of ether oxygens (including phenoxy) is 1. The van der Waals surface area contributed by atoms with Crippen LogP contribution in [0.1, 0.15) is 46.3 Å². The zero-order valence-corrected chi connectivity index (χ0v) is 15.6. The molecule has 0 spiro atoms. The van der Waals surface area contributed by atoms with E-state index in [0.29, 0.717) is 29.0 Å². The van der Waals surface area contributed by atoms with Crippen LogP contribution in [0.5, 0.6) is 5.75 Å². The average Bonchev–Trinajstić information content (AvgIpc) is 3.38. The van der Waals surface area contributed by atoms with Gasteiger partial charge in [-0.15, -0.1) is 0 Å². The van der Waals surface area contributed by atoms with Gasteiger partial charge in [-0.05, 0) is 50.5 Å². The van der Waals surface area contributed by atoms with E-state index < -0.39 is 0 Å². The number of aryl methyl sites for hydroxylation is 2. The van der Waals surface area contributed by atoms with Crippen molar-refractivity contribution >= 4 is 11.7 Å². The molecule has 0 aliphatic heterocycles. The third-order valence-corrected chi connectivity index (χ3v) is 4.50. The van der Waals surface area contributed by atoms with Crippen LogP contribution in [-0.4, -0.2) is 32.8 Å². The van der Waals surface area contributed by atoms with Crippen molar-refractivity contribution in [2.75, 3.05) is 12.4 Å². The number of benzene rings is 1. The molecule has 0 atom stereocenters. The van der Waals surface area contributed by atoms with Gasteiger partial charge in [0, 0.05) is 23.9 Å². The minimum Gasteiger partial charge on any atom is -0.494 e. The van der Waals surface area contributed by atoms with Crippen molar-refractivity contribution in [1.29, 1.82) is 0 Å². The van der Waals surface area contributed by atoms with Gasteiger partial charge in [-0.3, -0.25) is 4.79 Å². The fraction of sp³-hybridized carbons (Fsp3) is 0.300. The molecule has 138 valence electrons. The van der Waals surface area contributed by atoms with Gasteiger partial charge in [0.2, 0.25) is 0 Å². The number of nitrogens with one attached hydrogen (secondary N) is 1. The summed E-state index contributed by atoms with van der Waals surface area (Å²) in [6.07, 6.45) is 4.03. The van der Waals surface area contributed by atoms with Gasteiger partial charge in [-0.2, -0.15) is 5.10 Å². The predicted molar refractivity (Wildman–Crippen MR) is 102 cm³/mol. The summed E-state index contributed by atoms with van der Waals surface area (Å²) >= 11 is 0. The molecule has 1 amide bonds. The lowest BCUT2D eigenvalue weighted by atomic mass is 10.2. The van der Waals surface area contributed by atoms with E-state index in [4.69, 9.17) is 4.74 Å². The van der Waals surface area contributed by atoms with E-state index in [-0.39, 0.29) is 5.91 Å². The van der Waals surface area contributed by atoms with Crippen LogP contribution in [0.4, 0.5) is 5.82 Å². The van der Waals surface area contributed by atoms with Crippen molar-refractivity contribution < 1.29 is 9.53 Å². The molecule has 7 heteroatoms. The largest absolute Gasteiger partial charge is 0.494 e. The predicted octanol–water partition coefficient (Wildman–Crippen LogP) is 3.42. The minimum absolute atomic E-state index is 0.305. The Morgan fingerprint density at radius 1 is 1.19 bits per heavy atom. The molecule has 7 nitrogen and oxygen atoms in total. The minimum atomic E-state index is -0.305. The summed E-state index contributed by atoms with van der Waals surface area (Å²) < 4.78 is 7.04. The van der Waals surface area contributed by atoms with Gasteiger partial charge in [0.25, 0.3) is 5.91 Å². The number of carbonyl (C=O) groups excluding carboxylic acids is 1. The third kappa shape index (κ3) is 3.67. The van der Waals surface area contributed by atoms with Gasteiger partial charge in [-0.1, -0.05) is 6.07 Å². The van der Waals surface area contributed by atoms with E-state index in [0.717, 1.165) is 29.8 Å². The smallest absolute Gasteiger partial charge is 0.277 e. The molecule has 0 saturated heterocycles. The van der Waals surface area contributed by atoms with Crippen LogP contribution >= 0.6 is 0 Å². The summed E-state index contributed by atoms with van der Waals surface area (Å²) in [6, 6.07) is 9.34. The maximum absolute atomic E-state index is 12.6. The SMILES string of the molecule is COc1ccc(C)cc1-n1ccc(C(=O)Nc2cc(C3CC3)nc(C)n2)n1. The van der Waals surface area contributed by atoms with Crippen LogP contribution in [0.3, 0.4) is 0 Å². The summed E-state index contributed by atoms with van der Waals surface area (Å²) in [5.74, 6) is 2.05. The van der Waals surface area contributed by atoms with Crippen molar-refractivity contribution in [3.63, 3.8) is 0 Å². The molecule has 1 aliphatic rings. The average molecular weight is 363 g/mol. The van der Waals surface area contributed by atoms with Crippen molar-refractivity contribution in [3.05, 3.63) is 59.3 Å². The number of amides is 1. The lowest BCUT2D eigenvalue weighted by Gasteiger charge is -2.09. The van der Waals surface area contributed by atoms with E-state index >= 15 is 0 Å². The van der Waals surface area contributed by atoms with Crippen molar-refractivity contribution in [2.45, 2.75) is 32.6 Å². The van der Waals surface area contributed by atoms with E-state index in [9.17, 15) is 4.79 Å². The van der Waals surface area contributed by atoms with E-state index in [2.05, 4.69) is 20.4 Å². The first-order valence-electron chi connectivity index (χ1n) is 8.91. The first-order valence-corrected chi connectivity index (χ1v) is 8.91. The van der Waals surface area contributed by atoms with Gasteiger partial charge >= 0.3 is 0 Å². The van der Waals surface area contributed by atoms with E-state index in [1.54, 1.807) is 24.1 Å². The highest BCUT2D eigenvalue weighted by Gasteiger charge is 2.26. The number of hydrogen-bond donors (Lipinski definition) is 1. The lowest BCUT2D eigenvalue weighted by molar-refractivity contribution is 0.102. The second-order valence-electron chi connectivity index (χ2n) is 6.77. The van der Waals surface area contributed by atoms with Gasteiger partial charge in [0.1, 0.15) is 23.1 Å². The van der Waals surface area contributed by atoms with Gasteiger partial charge in [-0.25, -0.2) is 14.6 Å². The number of aromatic nitrogens is 4. The second kappa shape index (κ2) is 6.83. The van der Waals surface area contributed by atoms with Crippen molar-refractivity contribution in [3.8, 4) is 11.4 Å². The topological polar surface area (TPSA) is 81.9 Å². The molecule has 1 N–H and O–H groups in total. The van der Waals surface area contributed by atoms with Gasteiger partial charge in [0.05, 0.1) is 7.11 Å². The summed E-state index contributed by atoms with van der Waals surface area (Å²) in [5.41, 5.74) is 3.16. The number of nitrogens with zero attached hydrogens (tertiary/aromatic N) is 4. The maximum atomic E-state index is 12.6. The summed E-state index contributed by atoms with van der Waals surface area (Å²) in [7, 11) is 1.61. The van der Waals surface area contributed by atoms with Crippen LogP contribution in [-0.2, 0) is 0 Å². The molecule has 1 fully saturated rings. The molecule has 0 radical (unpaired) electrons. The molecule has 27 heavy (non-hydrogen) atoms. The molecule has 4 rings (SSSR count). The zero-order valence-electron chi connectivity index (χ0n) is 15.6. The lowest BCUT2D eigenvalue weighted by Crippen LogP contribution is -2.15. The third-order valence-electron chi connectivity index (χ3n) is 4.50. The van der Waals surface area contributed by atoms with Crippen molar-refractivity contribution in [2.24, 2.45) is 0 Å². The highest BCUT2D eigenvalue weighted by atomic mass is 16.5. The normalized spacial score (nSPS) is 13.4. The Morgan fingerprint density at radius 3 is 2.74 bits per heavy atom. The Bertz CT molecular complexity index is 1010. The van der Waals surface area contributed by atoms with Gasteiger partial charge < -0.3 is 10.1 Å².